The standard InChI is InChI=1S/C16H22N4O/c1-3-17-9-12-10-20(16-14(12)5-4-8-18-16)11-15(21)19(2)13-6-7-13/h4-5,8,10,13,17H,3,6-7,9,11H2,1-2H3. The molecular weight excluding hydrogens is 264 g/mol. The van der Waals surface area contributed by atoms with Gasteiger partial charge in [-0.1, -0.05) is 6.92 Å². The first kappa shape index (κ1) is 14.1. The van der Waals surface area contributed by atoms with Gasteiger partial charge in [-0.25, -0.2) is 4.98 Å². The fraction of sp³-hybridized carbons (Fsp3) is 0.500. The molecule has 1 aliphatic rings. The van der Waals surface area contributed by atoms with Crippen LogP contribution in [0.3, 0.4) is 0 Å². The zero-order valence-electron chi connectivity index (χ0n) is 12.7. The van der Waals surface area contributed by atoms with E-state index < -0.39 is 0 Å². The Balaban J connectivity index is 1.85. The van der Waals surface area contributed by atoms with Gasteiger partial charge in [-0.15, -0.1) is 0 Å². The van der Waals surface area contributed by atoms with Crippen molar-refractivity contribution in [2.24, 2.45) is 0 Å². The van der Waals surface area contributed by atoms with Gasteiger partial charge in [0.2, 0.25) is 5.91 Å². The van der Waals surface area contributed by atoms with E-state index in [1.54, 1.807) is 6.20 Å². The Morgan fingerprint density at radius 3 is 3.05 bits per heavy atom. The summed E-state index contributed by atoms with van der Waals surface area (Å²) in [6.07, 6.45) is 6.11. The van der Waals surface area contributed by atoms with Crippen molar-refractivity contribution >= 4 is 16.9 Å². The lowest BCUT2D eigenvalue weighted by Gasteiger charge is -2.16. The Labute approximate surface area is 125 Å². The largest absolute Gasteiger partial charge is 0.341 e. The van der Waals surface area contributed by atoms with Crippen molar-refractivity contribution in [2.45, 2.75) is 38.9 Å². The van der Waals surface area contributed by atoms with Gasteiger partial charge in [0.15, 0.2) is 0 Å². The third-order valence-corrected chi connectivity index (χ3v) is 4.08. The van der Waals surface area contributed by atoms with Crippen LogP contribution in [0.2, 0.25) is 0 Å². The molecule has 1 N–H and O–H groups in total. The summed E-state index contributed by atoms with van der Waals surface area (Å²) < 4.78 is 1.98. The van der Waals surface area contributed by atoms with Crippen LogP contribution in [0.25, 0.3) is 11.0 Å². The van der Waals surface area contributed by atoms with Crippen molar-refractivity contribution in [3.8, 4) is 0 Å². The highest BCUT2D eigenvalue weighted by atomic mass is 16.2. The Morgan fingerprint density at radius 2 is 2.33 bits per heavy atom. The van der Waals surface area contributed by atoms with E-state index in [0.29, 0.717) is 12.6 Å². The summed E-state index contributed by atoms with van der Waals surface area (Å²) in [6.45, 7) is 4.19. The number of pyridine rings is 1. The second-order valence-corrected chi connectivity index (χ2v) is 5.67. The topological polar surface area (TPSA) is 50.2 Å². The number of amides is 1. The zero-order chi connectivity index (χ0) is 14.8. The molecule has 0 aromatic carbocycles. The van der Waals surface area contributed by atoms with E-state index in [2.05, 4.69) is 29.5 Å². The highest BCUT2D eigenvalue weighted by molar-refractivity contribution is 5.83. The molecule has 0 unspecified atom stereocenters. The first-order valence-corrected chi connectivity index (χ1v) is 7.59. The minimum atomic E-state index is 0.162. The quantitative estimate of drug-likeness (QED) is 0.880. The number of hydrogen-bond donors (Lipinski definition) is 1. The number of nitrogens with zero attached hydrogens (tertiary/aromatic N) is 3. The lowest BCUT2D eigenvalue weighted by atomic mass is 10.2. The van der Waals surface area contributed by atoms with E-state index in [-0.39, 0.29) is 5.91 Å². The highest BCUT2D eigenvalue weighted by Gasteiger charge is 2.29. The third kappa shape index (κ3) is 2.93. The molecule has 1 aliphatic carbocycles. The zero-order valence-corrected chi connectivity index (χ0v) is 12.7. The Bertz CT molecular complexity index is 645. The Hall–Kier alpha value is -1.88. The van der Waals surface area contributed by atoms with E-state index in [0.717, 1.165) is 37.0 Å². The molecule has 2 heterocycles. The molecule has 0 bridgehead atoms. The molecule has 1 saturated carbocycles. The van der Waals surface area contributed by atoms with Crippen LogP contribution in [0.5, 0.6) is 0 Å². The summed E-state index contributed by atoms with van der Waals surface area (Å²) in [7, 11) is 1.90. The van der Waals surface area contributed by atoms with Gasteiger partial charge >= 0.3 is 0 Å². The molecule has 1 amide bonds. The van der Waals surface area contributed by atoms with Crippen molar-refractivity contribution in [1.29, 1.82) is 0 Å². The molecule has 3 rings (SSSR count). The third-order valence-electron chi connectivity index (χ3n) is 4.08. The maximum absolute atomic E-state index is 12.3. The van der Waals surface area contributed by atoms with E-state index in [9.17, 15) is 4.79 Å². The predicted molar refractivity (Wildman–Crippen MR) is 82.9 cm³/mol. The number of carbonyl (C=O) groups excluding carboxylic acids is 1. The summed E-state index contributed by atoms with van der Waals surface area (Å²) in [5.74, 6) is 0.162. The summed E-state index contributed by atoms with van der Waals surface area (Å²) >= 11 is 0. The van der Waals surface area contributed by atoms with Crippen LogP contribution in [0, 0.1) is 0 Å². The Kier molecular flexibility index (Phi) is 3.92. The van der Waals surface area contributed by atoms with Crippen LogP contribution in [0.15, 0.2) is 24.5 Å². The molecule has 0 saturated heterocycles. The molecule has 1 fully saturated rings. The van der Waals surface area contributed by atoms with Gasteiger partial charge in [0, 0.05) is 37.4 Å². The minimum absolute atomic E-state index is 0.162. The second-order valence-electron chi connectivity index (χ2n) is 5.67. The molecule has 112 valence electrons. The number of nitrogens with one attached hydrogen (secondary N) is 1. The molecule has 2 aromatic heterocycles. The number of aromatic nitrogens is 2. The summed E-state index contributed by atoms with van der Waals surface area (Å²) in [5, 5.41) is 4.46. The van der Waals surface area contributed by atoms with Gasteiger partial charge in [0.1, 0.15) is 12.2 Å². The second kappa shape index (κ2) is 5.85. The summed E-state index contributed by atoms with van der Waals surface area (Å²) in [6, 6.07) is 4.47. The number of rotatable bonds is 6. The average molecular weight is 286 g/mol. The predicted octanol–water partition coefficient (Wildman–Crippen LogP) is 1.77. The molecule has 5 heteroatoms. The fourth-order valence-corrected chi connectivity index (χ4v) is 2.64. The van der Waals surface area contributed by atoms with E-state index in [1.807, 2.05) is 22.6 Å². The van der Waals surface area contributed by atoms with E-state index in [1.165, 1.54) is 5.56 Å². The summed E-state index contributed by atoms with van der Waals surface area (Å²) in [5.41, 5.74) is 2.09. The van der Waals surface area contributed by atoms with E-state index >= 15 is 0 Å². The van der Waals surface area contributed by atoms with Gasteiger partial charge in [-0.2, -0.15) is 0 Å². The van der Waals surface area contributed by atoms with Gasteiger partial charge in [-0.05, 0) is 37.1 Å². The molecule has 2 aromatic rings. The lowest BCUT2D eigenvalue weighted by molar-refractivity contribution is -0.130. The van der Waals surface area contributed by atoms with Crippen LogP contribution < -0.4 is 5.32 Å². The van der Waals surface area contributed by atoms with Gasteiger partial charge in [0.05, 0.1) is 0 Å². The molecule has 0 spiro atoms. The number of hydrogen-bond acceptors (Lipinski definition) is 3. The number of likely N-dealkylation sites (N-methyl/N-ethyl adjacent to an activating group) is 1. The molecular formula is C16H22N4O. The normalized spacial score (nSPS) is 14.6. The van der Waals surface area contributed by atoms with Crippen molar-refractivity contribution in [2.75, 3.05) is 13.6 Å². The van der Waals surface area contributed by atoms with Crippen molar-refractivity contribution in [3.05, 3.63) is 30.1 Å². The van der Waals surface area contributed by atoms with Crippen LogP contribution in [-0.2, 0) is 17.9 Å². The average Bonchev–Trinajstić information content (AvgIpc) is 3.29. The summed E-state index contributed by atoms with van der Waals surface area (Å²) in [4.78, 5) is 18.6. The van der Waals surface area contributed by atoms with Gasteiger partial charge < -0.3 is 14.8 Å². The van der Waals surface area contributed by atoms with Crippen LogP contribution in [-0.4, -0.2) is 40.0 Å². The molecule has 0 radical (unpaired) electrons. The first-order chi connectivity index (χ1) is 10.2. The van der Waals surface area contributed by atoms with Crippen molar-refractivity contribution < 1.29 is 4.79 Å². The number of carbonyl (C=O) groups is 1. The van der Waals surface area contributed by atoms with Crippen LogP contribution in [0.1, 0.15) is 25.3 Å². The smallest absolute Gasteiger partial charge is 0.242 e. The van der Waals surface area contributed by atoms with Gasteiger partial charge in [0.25, 0.3) is 0 Å². The first-order valence-electron chi connectivity index (χ1n) is 7.59. The highest BCUT2D eigenvalue weighted by Crippen LogP contribution is 2.26. The Morgan fingerprint density at radius 1 is 1.52 bits per heavy atom. The maximum Gasteiger partial charge on any atom is 0.242 e. The van der Waals surface area contributed by atoms with Crippen molar-refractivity contribution in [1.82, 2.24) is 19.8 Å². The molecule has 0 aliphatic heterocycles. The van der Waals surface area contributed by atoms with Crippen LogP contribution >= 0.6 is 0 Å². The maximum atomic E-state index is 12.3. The van der Waals surface area contributed by atoms with E-state index in [4.69, 9.17) is 0 Å². The lowest BCUT2D eigenvalue weighted by Crippen LogP contribution is -2.31. The van der Waals surface area contributed by atoms with Gasteiger partial charge in [-0.3, -0.25) is 4.79 Å². The SMILES string of the molecule is CCNCc1cn(CC(=O)N(C)C2CC2)c2ncccc12. The monoisotopic (exact) mass is 286 g/mol. The minimum Gasteiger partial charge on any atom is -0.341 e. The molecule has 21 heavy (non-hydrogen) atoms. The number of fused-ring (bicyclic) bond motifs is 1. The fourth-order valence-electron chi connectivity index (χ4n) is 2.64. The van der Waals surface area contributed by atoms with Crippen molar-refractivity contribution in [3.63, 3.8) is 0 Å². The molecule has 0 atom stereocenters. The van der Waals surface area contributed by atoms with Crippen LogP contribution in [0.4, 0.5) is 0 Å². The molecule has 5 nitrogen and oxygen atoms in total.